The van der Waals surface area contributed by atoms with Crippen molar-refractivity contribution in [2.45, 2.75) is 32.2 Å². The highest BCUT2D eigenvalue weighted by Gasteiger charge is 2.19. The van der Waals surface area contributed by atoms with Gasteiger partial charge >= 0.3 is 0 Å². The van der Waals surface area contributed by atoms with Crippen LogP contribution in [0.5, 0.6) is 0 Å². The molecule has 1 amide bonds. The summed E-state index contributed by atoms with van der Waals surface area (Å²) in [6, 6.07) is 9.67. The normalized spacial score (nSPS) is 15.5. The Morgan fingerprint density at radius 3 is 2.90 bits per heavy atom. The van der Waals surface area contributed by atoms with Gasteiger partial charge in [0.05, 0.1) is 9.90 Å². The predicted octanol–water partition coefficient (Wildman–Crippen LogP) is 4.74. The molecule has 5 nitrogen and oxygen atoms in total. The van der Waals surface area contributed by atoms with E-state index in [4.69, 9.17) is 17.3 Å². The van der Waals surface area contributed by atoms with E-state index in [9.17, 15) is 4.79 Å². The Labute approximate surface area is 186 Å². The first kappa shape index (κ1) is 21.1. The fraction of sp³-hybridized carbons (Fsp3) is 0.391. The number of nitrogens with two attached hydrogens (primary N) is 1. The summed E-state index contributed by atoms with van der Waals surface area (Å²) in [5.41, 5.74) is 6.93. The van der Waals surface area contributed by atoms with Gasteiger partial charge in [-0.25, -0.2) is 4.98 Å². The van der Waals surface area contributed by atoms with Gasteiger partial charge in [0.2, 0.25) is 0 Å². The second-order valence-electron chi connectivity index (χ2n) is 8.10. The molecule has 0 radical (unpaired) electrons. The Morgan fingerprint density at radius 2 is 2.10 bits per heavy atom. The number of thiophene rings is 1. The van der Waals surface area contributed by atoms with Crippen LogP contribution in [-0.2, 0) is 13.0 Å². The lowest BCUT2D eigenvalue weighted by atomic mass is 9.92. The lowest BCUT2D eigenvalue weighted by molar-refractivity contribution is 0.0955. The third-order valence-electron chi connectivity index (χ3n) is 5.91. The van der Waals surface area contributed by atoms with Crippen molar-refractivity contribution in [1.82, 2.24) is 15.2 Å². The number of hydrogen-bond acceptors (Lipinski definition) is 5. The first-order valence-electron chi connectivity index (χ1n) is 10.4. The number of anilines is 1. The number of pyridine rings is 1. The number of hydrogen-bond donors (Lipinski definition) is 2. The number of aromatic nitrogens is 1. The molecule has 1 aromatic carbocycles. The number of nitrogens with zero attached hydrogens (tertiary/aromatic N) is 2. The Hall–Kier alpha value is -2.15. The molecule has 3 aromatic rings. The number of carbonyl (C=O) groups is 1. The van der Waals surface area contributed by atoms with Crippen LogP contribution in [0.2, 0.25) is 5.02 Å². The van der Waals surface area contributed by atoms with Gasteiger partial charge in [0.1, 0.15) is 5.82 Å². The molecule has 30 heavy (non-hydrogen) atoms. The molecule has 2 aromatic heterocycles. The average Bonchev–Trinajstić information content (AvgIpc) is 3.12. The van der Waals surface area contributed by atoms with Crippen LogP contribution < -0.4 is 11.1 Å². The first-order valence-corrected chi connectivity index (χ1v) is 11.6. The first-order chi connectivity index (χ1) is 14.5. The quantitative estimate of drug-likeness (QED) is 0.578. The lowest BCUT2D eigenvalue weighted by Crippen LogP contribution is -2.30. The number of likely N-dealkylation sites (tertiary alicyclic amines) is 1. The number of aryl methyl sites for hydroxylation is 1. The molecule has 4 rings (SSSR count). The number of amides is 1. The van der Waals surface area contributed by atoms with E-state index in [1.54, 1.807) is 12.3 Å². The van der Waals surface area contributed by atoms with E-state index in [2.05, 4.69) is 22.2 Å². The van der Waals surface area contributed by atoms with E-state index in [-0.39, 0.29) is 5.91 Å². The van der Waals surface area contributed by atoms with Crippen molar-refractivity contribution in [3.8, 4) is 0 Å². The van der Waals surface area contributed by atoms with E-state index in [0.29, 0.717) is 22.3 Å². The molecule has 1 aliphatic rings. The average molecular weight is 443 g/mol. The Balaban J connectivity index is 1.34. The third-order valence-corrected chi connectivity index (χ3v) is 7.55. The van der Waals surface area contributed by atoms with Crippen molar-refractivity contribution in [3.05, 3.63) is 56.9 Å². The number of fused-ring (bicyclic) bond motifs is 1. The minimum absolute atomic E-state index is 0.0817. The predicted molar refractivity (Wildman–Crippen MR) is 125 cm³/mol. The van der Waals surface area contributed by atoms with E-state index < -0.39 is 0 Å². The summed E-state index contributed by atoms with van der Waals surface area (Å²) in [7, 11) is 2.18. The molecular formula is C23H27ClN4OS. The van der Waals surface area contributed by atoms with E-state index in [1.165, 1.54) is 37.3 Å². The maximum Gasteiger partial charge on any atom is 0.261 e. The van der Waals surface area contributed by atoms with Gasteiger partial charge in [-0.05, 0) is 80.9 Å². The number of carbonyl (C=O) groups excluding carboxylic acids is 1. The standard InChI is InChI=1S/C23H27ClN4OS/c1-28-10-7-15(8-11-28)3-5-20-19(24)13-21(30-20)23(29)27-14-16-2-4-18-17(12-16)6-9-26-22(18)25/h2,4,6,9,12-13,15H,3,5,7-8,10-11,14H2,1H3,(H2,25,26)(H,27,29). The van der Waals surface area contributed by atoms with Gasteiger partial charge in [-0.2, -0.15) is 0 Å². The number of benzene rings is 1. The molecule has 0 aliphatic carbocycles. The van der Waals surface area contributed by atoms with Gasteiger partial charge < -0.3 is 16.0 Å². The monoisotopic (exact) mass is 442 g/mol. The number of nitrogen functional groups attached to an aromatic ring is 1. The summed E-state index contributed by atoms with van der Waals surface area (Å²) in [4.78, 5) is 20.9. The zero-order valence-corrected chi connectivity index (χ0v) is 18.7. The maximum atomic E-state index is 12.6. The summed E-state index contributed by atoms with van der Waals surface area (Å²) in [5.74, 6) is 1.19. The number of nitrogens with one attached hydrogen (secondary N) is 1. The van der Waals surface area contributed by atoms with Crippen LogP contribution in [0.4, 0.5) is 5.82 Å². The van der Waals surface area contributed by atoms with Crippen molar-refractivity contribution in [1.29, 1.82) is 0 Å². The van der Waals surface area contributed by atoms with E-state index >= 15 is 0 Å². The topological polar surface area (TPSA) is 71.2 Å². The van der Waals surface area contributed by atoms with Crippen molar-refractivity contribution in [3.63, 3.8) is 0 Å². The van der Waals surface area contributed by atoms with Crippen LogP contribution in [-0.4, -0.2) is 35.9 Å². The van der Waals surface area contributed by atoms with Crippen molar-refractivity contribution >= 4 is 45.4 Å². The van der Waals surface area contributed by atoms with Gasteiger partial charge in [0, 0.05) is 23.0 Å². The smallest absolute Gasteiger partial charge is 0.261 e. The molecule has 3 heterocycles. The lowest BCUT2D eigenvalue weighted by Gasteiger charge is -2.28. The zero-order valence-electron chi connectivity index (χ0n) is 17.2. The highest BCUT2D eigenvalue weighted by molar-refractivity contribution is 7.14. The largest absolute Gasteiger partial charge is 0.383 e. The number of halogens is 1. The van der Waals surface area contributed by atoms with Crippen molar-refractivity contribution in [2.24, 2.45) is 5.92 Å². The molecule has 7 heteroatoms. The molecule has 0 unspecified atom stereocenters. The number of piperidine rings is 1. The van der Waals surface area contributed by atoms with E-state index in [1.807, 2.05) is 24.3 Å². The Bertz CT molecular complexity index is 1040. The molecule has 0 bridgehead atoms. The molecule has 0 atom stereocenters. The van der Waals surface area contributed by atoms with E-state index in [0.717, 1.165) is 40.0 Å². The molecular weight excluding hydrogens is 416 g/mol. The summed E-state index contributed by atoms with van der Waals surface area (Å²) in [6.45, 7) is 2.81. The van der Waals surface area contributed by atoms with Gasteiger partial charge in [0.15, 0.2) is 0 Å². The fourth-order valence-corrected chi connectivity index (χ4v) is 5.37. The van der Waals surface area contributed by atoms with Crippen molar-refractivity contribution in [2.75, 3.05) is 25.9 Å². The minimum Gasteiger partial charge on any atom is -0.383 e. The molecule has 158 valence electrons. The van der Waals surface area contributed by atoms with Gasteiger partial charge in [-0.3, -0.25) is 4.79 Å². The van der Waals surface area contributed by atoms with Crippen molar-refractivity contribution < 1.29 is 4.79 Å². The van der Waals surface area contributed by atoms with Gasteiger partial charge in [0.25, 0.3) is 5.91 Å². The highest BCUT2D eigenvalue weighted by Crippen LogP contribution is 2.31. The molecule has 0 spiro atoms. The van der Waals surface area contributed by atoms with Crippen LogP contribution in [0.15, 0.2) is 36.5 Å². The number of rotatable bonds is 6. The van der Waals surface area contributed by atoms with Crippen LogP contribution in [0, 0.1) is 5.92 Å². The molecule has 1 saturated heterocycles. The SMILES string of the molecule is CN1CCC(CCc2sc(C(=O)NCc3ccc4c(N)nccc4c3)cc2Cl)CC1. The molecule has 1 aliphatic heterocycles. The summed E-state index contributed by atoms with van der Waals surface area (Å²) >= 11 is 7.95. The minimum atomic E-state index is -0.0817. The van der Waals surface area contributed by atoms with Crippen LogP contribution >= 0.6 is 22.9 Å². The van der Waals surface area contributed by atoms with Gasteiger partial charge in [-0.1, -0.05) is 23.7 Å². The van der Waals surface area contributed by atoms with Gasteiger partial charge in [-0.15, -0.1) is 11.3 Å². The molecule has 1 fully saturated rings. The maximum absolute atomic E-state index is 12.6. The fourth-order valence-electron chi connectivity index (χ4n) is 4.01. The second-order valence-corrected chi connectivity index (χ2v) is 9.65. The zero-order chi connectivity index (χ0) is 21.1. The molecule has 3 N–H and O–H groups in total. The summed E-state index contributed by atoms with van der Waals surface area (Å²) in [6.07, 6.45) is 6.29. The third kappa shape index (κ3) is 4.94. The van der Waals surface area contributed by atoms with Crippen LogP contribution in [0.1, 0.15) is 39.4 Å². The Kier molecular flexibility index (Phi) is 6.56. The second kappa shape index (κ2) is 9.33. The summed E-state index contributed by atoms with van der Waals surface area (Å²) in [5, 5.41) is 5.66. The van der Waals surface area contributed by atoms with Crippen LogP contribution in [0.3, 0.4) is 0 Å². The van der Waals surface area contributed by atoms with Crippen LogP contribution in [0.25, 0.3) is 10.8 Å². The summed E-state index contributed by atoms with van der Waals surface area (Å²) < 4.78 is 0. The molecule has 0 saturated carbocycles. The highest BCUT2D eigenvalue weighted by atomic mass is 35.5. The Morgan fingerprint density at radius 1 is 1.30 bits per heavy atom.